The van der Waals surface area contributed by atoms with Crippen LogP contribution in [0.3, 0.4) is 0 Å². The van der Waals surface area contributed by atoms with Gasteiger partial charge in [0.05, 0.1) is 0 Å². The number of hydrogen-bond acceptors (Lipinski definition) is 3. The van der Waals surface area contributed by atoms with E-state index in [2.05, 4.69) is 24.3 Å². The van der Waals surface area contributed by atoms with Crippen molar-refractivity contribution in [3.63, 3.8) is 0 Å². The van der Waals surface area contributed by atoms with Gasteiger partial charge >= 0.3 is 0 Å². The molecule has 0 bridgehead atoms. The number of carbonyl (C=O) groups is 1. The minimum atomic E-state index is -2.49. The second-order valence-electron chi connectivity index (χ2n) is 9.20. The maximum Gasteiger partial charge on any atom is 0.253 e. The van der Waals surface area contributed by atoms with E-state index in [1.165, 1.54) is 5.56 Å². The Morgan fingerprint density at radius 3 is 2.44 bits per heavy atom. The second-order valence-corrected chi connectivity index (χ2v) is 12.9. The van der Waals surface area contributed by atoms with E-state index in [4.69, 9.17) is 5.73 Å². The van der Waals surface area contributed by atoms with E-state index in [9.17, 15) is 9.59 Å². The lowest BCUT2D eigenvalue weighted by Crippen LogP contribution is -2.42. The minimum absolute atomic E-state index is 0.0824. The Balaban J connectivity index is 1.50. The van der Waals surface area contributed by atoms with Gasteiger partial charge in [-0.05, 0) is 71.4 Å². The van der Waals surface area contributed by atoms with Crippen LogP contribution in [0.2, 0.25) is 13.1 Å². The number of nitrogens with zero attached hydrogens (tertiary/aromatic N) is 1. The molecule has 0 radical (unpaired) electrons. The zero-order valence-electron chi connectivity index (χ0n) is 18.9. The Morgan fingerprint density at radius 1 is 1.00 bits per heavy atom. The Bertz CT molecular complexity index is 1100. The molecule has 1 fully saturated rings. The lowest BCUT2D eigenvalue weighted by Gasteiger charge is -2.32. The minimum Gasteiger partial charge on any atom is -0.428 e. The fourth-order valence-electron chi connectivity index (χ4n) is 4.66. The van der Waals surface area contributed by atoms with Crippen LogP contribution in [-0.4, -0.2) is 37.0 Å². The fraction of sp³-hybridized carbons (Fsp3) is 0.296. The van der Waals surface area contributed by atoms with Crippen LogP contribution in [-0.2, 0) is 6.54 Å². The van der Waals surface area contributed by atoms with Crippen molar-refractivity contribution in [1.82, 2.24) is 4.90 Å². The molecule has 0 atom stereocenters. The van der Waals surface area contributed by atoms with Crippen molar-refractivity contribution < 1.29 is 9.59 Å². The van der Waals surface area contributed by atoms with Crippen LogP contribution in [0.4, 0.5) is 0 Å². The van der Waals surface area contributed by atoms with Crippen LogP contribution in [0.25, 0.3) is 11.1 Å². The van der Waals surface area contributed by atoms with Crippen LogP contribution < -0.4 is 10.9 Å². The van der Waals surface area contributed by atoms with E-state index in [1.54, 1.807) is 0 Å². The van der Waals surface area contributed by atoms with Crippen molar-refractivity contribution in [1.29, 1.82) is 0 Å². The third-order valence-electron chi connectivity index (χ3n) is 6.45. The summed E-state index contributed by atoms with van der Waals surface area (Å²) < 4.78 is 0. The van der Waals surface area contributed by atoms with Gasteiger partial charge in [-0.3, -0.25) is 4.79 Å². The Hall–Kier alpha value is -2.73. The first-order valence-electron chi connectivity index (χ1n) is 11.4. The molecule has 3 aromatic carbocycles. The second kappa shape index (κ2) is 9.41. The summed E-state index contributed by atoms with van der Waals surface area (Å²) in [4.78, 5) is 26.0. The standard InChI is InChI=1S/C27H32N2O2Si/c1-32(2,31)26-12-4-3-11-25(26)23-9-6-10-24(18-23)27(30)29-15-13-21(14-16-29)22-8-5-7-20(17-22)19-28/h3-12,17-18,21,31H,13-16,19,28H2,1-2H3. The Labute approximate surface area is 191 Å². The molecule has 0 saturated carbocycles. The van der Waals surface area contributed by atoms with Crippen LogP contribution in [0.1, 0.15) is 40.2 Å². The SMILES string of the molecule is C[Si](C)(O)c1ccccc1-c1cccc(C(=O)N2CCC(c3cccc(CN)c3)CC2)c1. The Morgan fingerprint density at radius 2 is 1.72 bits per heavy atom. The molecular weight excluding hydrogens is 412 g/mol. The number of rotatable bonds is 5. The van der Waals surface area contributed by atoms with E-state index < -0.39 is 8.32 Å². The van der Waals surface area contributed by atoms with Gasteiger partial charge in [0.1, 0.15) is 0 Å². The lowest BCUT2D eigenvalue weighted by molar-refractivity contribution is 0.0713. The molecule has 3 aromatic rings. The molecule has 3 N–H and O–H groups in total. The third-order valence-corrected chi connectivity index (χ3v) is 8.20. The zero-order chi connectivity index (χ0) is 22.7. The first-order valence-corrected chi connectivity index (χ1v) is 14.3. The number of piperidine rings is 1. The molecule has 166 valence electrons. The summed E-state index contributed by atoms with van der Waals surface area (Å²) in [5, 5.41) is 0.991. The maximum atomic E-state index is 13.3. The molecular formula is C27H32N2O2Si. The quantitative estimate of drug-likeness (QED) is 0.579. The molecule has 0 spiro atoms. The number of hydrogen-bond donors (Lipinski definition) is 2. The molecule has 0 unspecified atom stereocenters. The molecule has 1 heterocycles. The topological polar surface area (TPSA) is 66.6 Å². The van der Waals surface area contributed by atoms with Gasteiger partial charge in [-0.15, -0.1) is 0 Å². The average Bonchev–Trinajstić information content (AvgIpc) is 2.83. The molecule has 32 heavy (non-hydrogen) atoms. The van der Waals surface area contributed by atoms with Gasteiger partial charge in [0.2, 0.25) is 8.32 Å². The van der Waals surface area contributed by atoms with Gasteiger partial charge in [-0.2, -0.15) is 0 Å². The monoisotopic (exact) mass is 444 g/mol. The van der Waals surface area contributed by atoms with E-state index in [-0.39, 0.29) is 5.91 Å². The summed E-state index contributed by atoms with van der Waals surface area (Å²) in [6.45, 7) is 5.92. The predicted octanol–water partition coefficient (Wildman–Crippen LogP) is 4.24. The van der Waals surface area contributed by atoms with Gasteiger partial charge in [-0.25, -0.2) is 0 Å². The zero-order valence-corrected chi connectivity index (χ0v) is 19.9. The van der Waals surface area contributed by atoms with Crippen molar-refractivity contribution in [2.24, 2.45) is 5.73 Å². The van der Waals surface area contributed by atoms with Gasteiger partial charge in [0, 0.05) is 25.2 Å². The highest BCUT2D eigenvalue weighted by atomic mass is 28.4. The molecule has 4 rings (SSSR count). The van der Waals surface area contributed by atoms with Gasteiger partial charge in [0.15, 0.2) is 0 Å². The van der Waals surface area contributed by atoms with E-state index >= 15 is 0 Å². The Kier molecular flexibility index (Phi) is 6.60. The molecule has 1 saturated heterocycles. The fourth-order valence-corrected chi connectivity index (χ4v) is 6.05. The van der Waals surface area contributed by atoms with Crippen LogP contribution in [0, 0.1) is 0 Å². The van der Waals surface area contributed by atoms with Crippen molar-refractivity contribution in [3.8, 4) is 11.1 Å². The van der Waals surface area contributed by atoms with E-state index in [0.717, 1.165) is 47.8 Å². The van der Waals surface area contributed by atoms with Crippen LogP contribution in [0.15, 0.2) is 72.8 Å². The summed E-state index contributed by atoms with van der Waals surface area (Å²) in [5.41, 5.74) is 11.0. The highest BCUT2D eigenvalue weighted by Gasteiger charge is 2.26. The highest BCUT2D eigenvalue weighted by Crippen LogP contribution is 2.30. The number of benzene rings is 3. The summed E-state index contributed by atoms with van der Waals surface area (Å²) >= 11 is 0. The van der Waals surface area contributed by atoms with Crippen molar-refractivity contribution in [2.45, 2.75) is 38.4 Å². The number of likely N-dealkylation sites (tertiary alicyclic amines) is 1. The van der Waals surface area contributed by atoms with Gasteiger partial charge < -0.3 is 15.4 Å². The normalized spacial score (nSPS) is 15.1. The van der Waals surface area contributed by atoms with Crippen molar-refractivity contribution in [2.75, 3.05) is 13.1 Å². The van der Waals surface area contributed by atoms with Crippen LogP contribution in [0.5, 0.6) is 0 Å². The molecule has 4 nitrogen and oxygen atoms in total. The summed E-state index contributed by atoms with van der Waals surface area (Å²) in [5.74, 6) is 0.555. The summed E-state index contributed by atoms with van der Waals surface area (Å²) in [6, 6.07) is 24.3. The third kappa shape index (κ3) is 4.85. The summed E-state index contributed by atoms with van der Waals surface area (Å²) in [7, 11) is -2.49. The smallest absolute Gasteiger partial charge is 0.253 e. The van der Waals surface area contributed by atoms with E-state index in [1.807, 2.05) is 66.5 Å². The lowest BCUT2D eigenvalue weighted by atomic mass is 9.88. The van der Waals surface area contributed by atoms with E-state index in [0.29, 0.717) is 18.0 Å². The maximum absolute atomic E-state index is 13.3. The number of carbonyl (C=O) groups excluding carboxylic acids is 1. The van der Waals surface area contributed by atoms with Gasteiger partial charge in [0.25, 0.3) is 5.91 Å². The molecule has 0 aromatic heterocycles. The van der Waals surface area contributed by atoms with Crippen LogP contribution >= 0.6 is 0 Å². The highest BCUT2D eigenvalue weighted by molar-refractivity contribution is 6.84. The van der Waals surface area contributed by atoms with Crippen molar-refractivity contribution in [3.05, 3.63) is 89.5 Å². The molecule has 5 heteroatoms. The molecule has 1 aliphatic heterocycles. The first kappa shape index (κ1) is 22.5. The average molecular weight is 445 g/mol. The number of amides is 1. The molecule has 1 amide bonds. The van der Waals surface area contributed by atoms with Crippen molar-refractivity contribution >= 4 is 19.4 Å². The molecule has 0 aliphatic carbocycles. The summed E-state index contributed by atoms with van der Waals surface area (Å²) in [6.07, 6.45) is 1.93. The predicted molar refractivity (Wildman–Crippen MR) is 133 cm³/mol. The van der Waals surface area contributed by atoms with Gasteiger partial charge in [-0.1, -0.05) is 60.7 Å². The number of nitrogens with two attached hydrogens (primary N) is 1. The molecule has 1 aliphatic rings. The largest absolute Gasteiger partial charge is 0.428 e. The first-order chi connectivity index (χ1) is 15.4.